The topological polar surface area (TPSA) is 38.7 Å². The number of ether oxygens (including phenoxy) is 1. The van der Waals surface area contributed by atoms with Crippen LogP contribution in [0.3, 0.4) is 0 Å². The summed E-state index contributed by atoms with van der Waals surface area (Å²) in [6.07, 6.45) is 9.17. The van der Waals surface area contributed by atoms with Crippen LogP contribution in [0.1, 0.15) is 34.6 Å². The van der Waals surface area contributed by atoms with Crippen LogP contribution in [0.25, 0.3) is 0 Å². The summed E-state index contributed by atoms with van der Waals surface area (Å²) in [6, 6.07) is 0. The van der Waals surface area contributed by atoms with Gasteiger partial charge >= 0.3 is 5.97 Å². The molecule has 0 aromatic rings. The van der Waals surface area contributed by atoms with Gasteiger partial charge in [0, 0.05) is 6.20 Å². The van der Waals surface area contributed by atoms with E-state index < -0.39 is 5.97 Å². The second-order valence-electron chi connectivity index (χ2n) is 3.08. The molecule has 0 saturated heterocycles. The monoisotopic (exact) mass is 315 g/mol. The summed E-state index contributed by atoms with van der Waals surface area (Å²) in [7, 11) is 0. The van der Waals surface area contributed by atoms with Crippen LogP contribution in [-0.2, 0) is 9.53 Å². The number of carbonyl (C=O) groups excluding carboxylic acids is 1. The van der Waals surface area contributed by atoms with Crippen LogP contribution >= 0.6 is 0 Å². The number of rotatable bonds is 6. The van der Waals surface area contributed by atoms with Gasteiger partial charge in [-0.1, -0.05) is 65.5 Å². The Hall–Kier alpha value is -2.60. The molecule has 0 heterocycles. The van der Waals surface area contributed by atoms with Crippen molar-refractivity contribution in [2.45, 2.75) is 34.6 Å². The van der Waals surface area contributed by atoms with Gasteiger partial charge in [0.2, 0.25) is 0 Å². The smallest absolute Gasteiger partial charge is 0.338 e. The SMILES string of the molecule is C=CN=C(C#C/C=C/C=C(\C=C)C(=O)OCC)C=C.CC.CC. The van der Waals surface area contributed by atoms with Crippen molar-refractivity contribution in [1.29, 1.82) is 0 Å². The lowest BCUT2D eigenvalue weighted by molar-refractivity contribution is -0.138. The highest BCUT2D eigenvalue weighted by Crippen LogP contribution is 1.99. The average Bonchev–Trinajstić information content (AvgIpc) is 2.60. The Labute approximate surface area is 141 Å². The summed E-state index contributed by atoms with van der Waals surface area (Å²) in [4.78, 5) is 15.3. The highest BCUT2D eigenvalue weighted by molar-refractivity contribution is 6.08. The molecule has 3 heteroatoms. The summed E-state index contributed by atoms with van der Waals surface area (Å²) in [6.45, 7) is 20.7. The summed E-state index contributed by atoms with van der Waals surface area (Å²) in [5, 5.41) is 0. The largest absolute Gasteiger partial charge is 0.462 e. The fourth-order valence-electron chi connectivity index (χ4n) is 0.984. The molecule has 0 fully saturated rings. The first kappa shape index (κ1) is 25.4. The maximum Gasteiger partial charge on any atom is 0.338 e. The zero-order valence-electron chi connectivity index (χ0n) is 15.1. The number of nitrogens with zero attached hydrogens (tertiary/aromatic N) is 1. The van der Waals surface area contributed by atoms with E-state index in [4.69, 9.17) is 4.74 Å². The standard InChI is InChI=1S/C16H17NO2.2C2H6/c1-5-14(16(18)19-8-4)12-10-9-11-13-15(6-2)17-7-3;2*1-2/h5-7,9-10,12H,1-3,8H2,4H3;2*1-2H3/b10-9+,14-12+,17-15?;;. The van der Waals surface area contributed by atoms with Gasteiger partial charge in [-0.2, -0.15) is 0 Å². The van der Waals surface area contributed by atoms with Crippen LogP contribution in [-0.4, -0.2) is 18.3 Å². The van der Waals surface area contributed by atoms with Gasteiger partial charge in [-0.3, -0.25) is 0 Å². The van der Waals surface area contributed by atoms with Crippen molar-refractivity contribution >= 4 is 11.7 Å². The maximum absolute atomic E-state index is 11.4. The third kappa shape index (κ3) is 15.6. The summed E-state index contributed by atoms with van der Waals surface area (Å²) >= 11 is 0. The van der Waals surface area contributed by atoms with Crippen LogP contribution in [0.5, 0.6) is 0 Å². The van der Waals surface area contributed by atoms with E-state index in [0.29, 0.717) is 17.9 Å². The van der Waals surface area contributed by atoms with Gasteiger partial charge in [0.05, 0.1) is 12.2 Å². The summed E-state index contributed by atoms with van der Waals surface area (Å²) in [5.41, 5.74) is 0.904. The second-order valence-corrected chi connectivity index (χ2v) is 3.08. The lowest BCUT2D eigenvalue weighted by Gasteiger charge is -1.99. The van der Waals surface area contributed by atoms with E-state index in [-0.39, 0.29) is 0 Å². The minimum Gasteiger partial charge on any atom is -0.462 e. The van der Waals surface area contributed by atoms with Crippen molar-refractivity contribution < 1.29 is 9.53 Å². The molecule has 0 saturated carbocycles. The molecule has 3 nitrogen and oxygen atoms in total. The van der Waals surface area contributed by atoms with Crippen LogP contribution < -0.4 is 0 Å². The molecule has 0 bridgehead atoms. The van der Waals surface area contributed by atoms with Crippen molar-refractivity contribution in [3.8, 4) is 11.8 Å². The Morgan fingerprint density at radius 1 is 1.13 bits per heavy atom. The lowest BCUT2D eigenvalue weighted by Crippen LogP contribution is -2.05. The molecule has 0 spiro atoms. The van der Waals surface area contributed by atoms with E-state index in [1.54, 1.807) is 25.2 Å². The first-order valence-electron chi connectivity index (χ1n) is 7.68. The van der Waals surface area contributed by atoms with Crippen molar-refractivity contribution in [3.05, 3.63) is 61.9 Å². The Morgan fingerprint density at radius 3 is 2.17 bits per heavy atom. The van der Waals surface area contributed by atoms with Gasteiger partial charge in [-0.25, -0.2) is 9.79 Å². The van der Waals surface area contributed by atoms with Gasteiger partial charge in [-0.15, -0.1) is 0 Å². The van der Waals surface area contributed by atoms with Crippen molar-refractivity contribution in [3.63, 3.8) is 0 Å². The minimum atomic E-state index is -0.407. The van der Waals surface area contributed by atoms with Crippen LogP contribution in [0.4, 0.5) is 0 Å². The van der Waals surface area contributed by atoms with Gasteiger partial charge in [-0.05, 0) is 31.1 Å². The Morgan fingerprint density at radius 2 is 1.74 bits per heavy atom. The van der Waals surface area contributed by atoms with E-state index >= 15 is 0 Å². The molecule has 0 rings (SSSR count). The Bertz CT molecular complexity index is 497. The third-order valence-electron chi connectivity index (χ3n) is 1.81. The molecular formula is C20H29NO2. The number of aliphatic imine (C=N–C) groups is 1. The zero-order chi connectivity index (χ0) is 18.5. The molecule has 0 radical (unpaired) electrons. The average molecular weight is 315 g/mol. The molecule has 0 N–H and O–H groups in total. The van der Waals surface area contributed by atoms with Crippen molar-refractivity contribution in [1.82, 2.24) is 0 Å². The van der Waals surface area contributed by atoms with E-state index in [9.17, 15) is 4.79 Å². The number of hydrogen-bond donors (Lipinski definition) is 0. The second kappa shape index (κ2) is 21.7. The quantitative estimate of drug-likeness (QED) is 0.226. The van der Waals surface area contributed by atoms with E-state index in [2.05, 4.69) is 36.6 Å². The van der Waals surface area contributed by atoms with Crippen molar-refractivity contribution in [2.75, 3.05) is 6.61 Å². The van der Waals surface area contributed by atoms with Crippen LogP contribution in [0.15, 0.2) is 66.9 Å². The summed E-state index contributed by atoms with van der Waals surface area (Å²) in [5.74, 6) is 5.12. The molecule has 0 aromatic carbocycles. The molecule has 0 aliphatic heterocycles. The first-order valence-corrected chi connectivity index (χ1v) is 7.68. The van der Waals surface area contributed by atoms with Gasteiger partial charge in [0.1, 0.15) is 5.71 Å². The molecule has 0 atom stereocenters. The summed E-state index contributed by atoms with van der Waals surface area (Å²) < 4.78 is 4.85. The molecular weight excluding hydrogens is 286 g/mol. The molecule has 0 aliphatic rings. The fraction of sp³-hybridized carbons (Fsp3) is 0.300. The van der Waals surface area contributed by atoms with E-state index in [0.717, 1.165) is 0 Å². The molecule has 0 unspecified atom stereocenters. The van der Waals surface area contributed by atoms with Gasteiger partial charge in [0.25, 0.3) is 0 Å². The first-order chi connectivity index (χ1) is 11.2. The predicted molar refractivity (Wildman–Crippen MR) is 102 cm³/mol. The highest BCUT2D eigenvalue weighted by Gasteiger charge is 2.03. The zero-order valence-corrected chi connectivity index (χ0v) is 15.1. The molecule has 0 aromatic heterocycles. The van der Waals surface area contributed by atoms with E-state index in [1.807, 2.05) is 27.7 Å². The number of carbonyl (C=O) groups is 1. The van der Waals surface area contributed by atoms with Crippen LogP contribution in [0.2, 0.25) is 0 Å². The number of hydrogen-bond acceptors (Lipinski definition) is 3. The Kier molecular flexibility index (Phi) is 23.9. The molecule has 0 amide bonds. The molecule has 0 aliphatic carbocycles. The van der Waals surface area contributed by atoms with Crippen molar-refractivity contribution in [2.24, 2.45) is 4.99 Å². The Balaban J connectivity index is -0.000000919. The highest BCUT2D eigenvalue weighted by atomic mass is 16.5. The van der Waals surface area contributed by atoms with Gasteiger partial charge < -0.3 is 4.74 Å². The van der Waals surface area contributed by atoms with Crippen LogP contribution in [0, 0.1) is 11.8 Å². The minimum absolute atomic E-state index is 0.328. The number of allylic oxidation sites excluding steroid dienone is 4. The van der Waals surface area contributed by atoms with E-state index in [1.165, 1.54) is 18.4 Å². The predicted octanol–water partition coefficient (Wildman–Crippen LogP) is 5.04. The third-order valence-corrected chi connectivity index (χ3v) is 1.81. The lowest BCUT2D eigenvalue weighted by atomic mass is 10.2. The van der Waals surface area contributed by atoms with Gasteiger partial charge in [0.15, 0.2) is 0 Å². The molecule has 23 heavy (non-hydrogen) atoms. The normalized spacial score (nSPS) is 9.96. The molecule has 126 valence electrons. The maximum atomic E-state index is 11.4. The fourth-order valence-corrected chi connectivity index (χ4v) is 0.984. The number of esters is 1.